The number of nitrogens with zero attached hydrogens (tertiary/aromatic N) is 9. The number of ketones is 1. The maximum atomic E-state index is 12.1. The van der Waals surface area contributed by atoms with Crippen molar-refractivity contribution in [2.45, 2.75) is 252 Å². The lowest BCUT2D eigenvalue weighted by atomic mass is 10.0. The topological polar surface area (TPSA) is 250 Å². The maximum absolute atomic E-state index is 12.1. The summed E-state index contributed by atoms with van der Waals surface area (Å²) in [6, 6.07) is 0. The number of halogens is 1. The SMILES string of the molecule is C#CCCCCCc1cn(C(=O)OC(C)(C)C)c(N)n1.CCCCCCCCCCCC(=O)CCCn1cc(CCCCCc2cnc(N)[nH]2)nn1.CCCCCCCCCCCC(=O)NCCN=[N+]=[N-].Cl. The van der Waals surface area contributed by atoms with Gasteiger partial charge in [0.25, 0.3) is 0 Å². The molecule has 0 saturated heterocycles. The van der Waals surface area contributed by atoms with Crippen molar-refractivity contribution in [2.75, 3.05) is 24.6 Å². The van der Waals surface area contributed by atoms with Crippen LogP contribution in [0.5, 0.6) is 0 Å². The van der Waals surface area contributed by atoms with Crippen LogP contribution in [0.15, 0.2) is 23.7 Å². The first-order chi connectivity index (χ1) is 34.3. The van der Waals surface area contributed by atoms with E-state index in [4.69, 9.17) is 28.2 Å². The number of imidazole rings is 2. The van der Waals surface area contributed by atoms with Crippen LogP contribution in [0.3, 0.4) is 0 Å². The highest BCUT2D eigenvalue weighted by Gasteiger charge is 2.20. The second-order valence-electron chi connectivity index (χ2n) is 19.6. The van der Waals surface area contributed by atoms with E-state index >= 15 is 0 Å². The summed E-state index contributed by atoms with van der Waals surface area (Å²) in [5.41, 5.74) is 21.8. The first-order valence-corrected chi connectivity index (χ1v) is 27.3. The Morgan fingerprint density at radius 1 is 0.764 bits per heavy atom. The Hall–Kier alpha value is -5.07. The van der Waals surface area contributed by atoms with E-state index in [0.717, 1.165) is 120 Å². The fourth-order valence-corrected chi connectivity index (χ4v) is 7.77. The molecule has 0 aliphatic rings. The number of unbranched alkanes of at least 4 members (excludes halogenated alkanes) is 21. The monoisotopic (exact) mass is 1030 g/mol. The van der Waals surface area contributed by atoms with Gasteiger partial charge < -0.3 is 26.5 Å². The number of nitrogens with one attached hydrogen (secondary N) is 2. The number of Topliss-reactive ketones (excluding diaryl/α,β-unsaturated/α-hetero) is 1. The van der Waals surface area contributed by atoms with Gasteiger partial charge >= 0.3 is 6.09 Å². The highest BCUT2D eigenvalue weighted by Crippen LogP contribution is 2.16. The van der Waals surface area contributed by atoms with Gasteiger partial charge in [-0.3, -0.25) is 14.3 Å². The van der Waals surface area contributed by atoms with Crippen LogP contribution in [-0.2, 0) is 40.1 Å². The smallest absolute Gasteiger partial charge is 0.421 e. The highest BCUT2D eigenvalue weighted by molar-refractivity contribution is 5.85. The Kier molecular flexibility index (Phi) is 41.5. The Morgan fingerprint density at radius 3 is 1.88 bits per heavy atom. The minimum Gasteiger partial charge on any atom is -0.443 e. The molecule has 0 fully saturated rings. The zero-order valence-corrected chi connectivity index (χ0v) is 46.1. The molecule has 3 heterocycles. The maximum Gasteiger partial charge on any atom is 0.421 e. The molecule has 0 unspecified atom stereocenters. The molecule has 0 bridgehead atoms. The number of aromatic amines is 1. The normalized spacial score (nSPS) is 10.7. The van der Waals surface area contributed by atoms with Gasteiger partial charge in [0.1, 0.15) is 11.4 Å². The molecule has 3 aromatic heterocycles. The summed E-state index contributed by atoms with van der Waals surface area (Å²) >= 11 is 0. The number of amides is 1. The first kappa shape index (κ1) is 66.9. The van der Waals surface area contributed by atoms with Crippen molar-refractivity contribution >= 4 is 42.1 Å². The third-order valence-electron chi connectivity index (χ3n) is 11.7. The van der Waals surface area contributed by atoms with Crippen LogP contribution in [0.4, 0.5) is 16.7 Å². The number of carbonyl (C=O) groups is 3. The van der Waals surface area contributed by atoms with Crippen molar-refractivity contribution in [3.05, 3.63) is 46.1 Å². The number of azide groups is 1. The number of rotatable bonds is 38. The summed E-state index contributed by atoms with van der Waals surface area (Å²) in [5, 5.41) is 14.6. The van der Waals surface area contributed by atoms with Crippen molar-refractivity contribution in [1.82, 2.24) is 39.8 Å². The molecule has 0 spiro atoms. The second kappa shape index (κ2) is 44.6. The van der Waals surface area contributed by atoms with Crippen LogP contribution in [0.25, 0.3) is 10.4 Å². The molecule has 0 aliphatic carbocycles. The van der Waals surface area contributed by atoms with Gasteiger partial charge in [-0.05, 0) is 90.5 Å². The fraction of sp³-hybridized carbons (Fsp3) is 0.759. The van der Waals surface area contributed by atoms with Crippen molar-refractivity contribution in [2.24, 2.45) is 5.11 Å². The second-order valence-corrected chi connectivity index (χ2v) is 19.6. The van der Waals surface area contributed by atoms with Crippen LogP contribution in [0, 0.1) is 12.3 Å². The van der Waals surface area contributed by atoms with Gasteiger partial charge in [0.05, 0.1) is 17.6 Å². The van der Waals surface area contributed by atoms with Crippen LogP contribution in [0.2, 0.25) is 0 Å². The summed E-state index contributed by atoms with van der Waals surface area (Å²) in [6.07, 6.45) is 45.9. The third-order valence-corrected chi connectivity index (χ3v) is 11.7. The molecule has 3 aromatic rings. The highest BCUT2D eigenvalue weighted by atomic mass is 35.5. The predicted molar refractivity (Wildman–Crippen MR) is 296 cm³/mol. The molecule has 3 rings (SSSR count). The van der Waals surface area contributed by atoms with Gasteiger partial charge in [-0.2, -0.15) is 0 Å². The zero-order chi connectivity index (χ0) is 52.2. The number of carbonyl (C=O) groups excluding carboxylic acids is 3. The van der Waals surface area contributed by atoms with Crippen molar-refractivity contribution in [1.29, 1.82) is 0 Å². The van der Waals surface area contributed by atoms with E-state index in [1.54, 1.807) is 6.20 Å². The number of aryl methyl sites for hydroxylation is 4. The van der Waals surface area contributed by atoms with E-state index in [9.17, 15) is 14.4 Å². The van der Waals surface area contributed by atoms with E-state index in [-0.39, 0.29) is 24.3 Å². The molecule has 0 aliphatic heterocycles. The van der Waals surface area contributed by atoms with Gasteiger partial charge in [0.2, 0.25) is 11.9 Å². The lowest BCUT2D eigenvalue weighted by Crippen LogP contribution is -2.27. The predicted octanol–water partition coefficient (Wildman–Crippen LogP) is 13.5. The Morgan fingerprint density at radius 2 is 1.31 bits per heavy atom. The van der Waals surface area contributed by atoms with Crippen LogP contribution in [-0.4, -0.2) is 71.0 Å². The molecule has 408 valence electrons. The summed E-state index contributed by atoms with van der Waals surface area (Å²) in [6.45, 7) is 11.5. The summed E-state index contributed by atoms with van der Waals surface area (Å²) in [7, 11) is 0. The fourth-order valence-electron chi connectivity index (χ4n) is 7.77. The molecular weight excluding hydrogens is 930 g/mol. The lowest BCUT2D eigenvalue weighted by molar-refractivity contribution is -0.121. The van der Waals surface area contributed by atoms with Gasteiger partial charge in [-0.1, -0.05) is 140 Å². The Labute approximate surface area is 439 Å². The average Bonchev–Trinajstić information content (AvgIpc) is 4.08. The van der Waals surface area contributed by atoms with Gasteiger partial charge in [-0.15, -0.1) is 29.8 Å². The first-order valence-electron chi connectivity index (χ1n) is 27.3. The van der Waals surface area contributed by atoms with Gasteiger partial charge in [0.15, 0.2) is 5.95 Å². The zero-order valence-electron chi connectivity index (χ0n) is 45.3. The van der Waals surface area contributed by atoms with Gasteiger partial charge in [-0.25, -0.2) is 19.3 Å². The summed E-state index contributed by atoms with van der Waals surface area (Å²) in [5.74, 6) is 3.73. The quantitative estimate of drug-likeness (QED) is 0.0139. The number of nitrogen functional groups attached to an aromatic ring is 2. The summed E-state index contributed by atoms with van der Waals surface area (Å²) < 4.78 is 8.39. The van der Waals surface area contributed by atoms with Crippen LogP contribution in [0.1, 0.15) is 238 Å². The minimum atomic E-state index is -0.552. The molecule has 0 aromatic carbocycles. The average molecular weight is 1030 g/mol. The standard InChI is InChI=1S/C25H44N6O.C15H23N3O2.C14H28N4O.ClH/c1-2-3-4-5-6-7-8-9-13-17-24(32)18-14-19-31-21-23(29-30-31)16-12-10-11-15-22-20-27-25(26)28-22;1-5-6-7-8-9-10-12-11-18(13(16)17-12)14(19)20-15(2,3)4;1-2-3-4-5-6-7-8-9-10-11-14(19)16-12-13-17-18-15;/h20-21H,2-19H2,1H3,(H3,26,27,28);1,11H,6-10H2,2-4H3,(H2,16,17);2-13H2,1H3,(H,16,19);1H. The van der Waals surface area contributed by atoms with E-state index in [2.05, 4.69) is 60.4 Å². The molecule has 0 saturated carbocycles. The molecule has 0 atom stereocenters. The molecule has 18 heteroatoms. The van der Waals surface area contributed by atoms with Gasteiger partial charge in [0, 0.05) is 68.3 Å². The van der Waals surface area contributed by atoms with E-state index < -0.39 is 11.7 Å². The van der Waals surface area contributed by atoms with Crippen LogP contribution < -0.4 is 16.8 Å². The van der Waals surface area contributed by atoms with Crippen LogP contribution >= 0.6 is 12.4 Å². The lowest BCUT2D eigenvalue weighted by Gasteiger charge is -2.19. The molecule has 72 heavy (non-hydrogen) atoms. The van der Waals surface area contributed by atoms with E-state index in [1.165, 1.54) is 101 Å². The number of H-pyrrole nitrogens is 1. The number of anilines is 2. The summed E-state index contributed by atoms with van der Waals surface area (Å²) in [4.78, 5) is 49.3. The van der Waals surface area contributed by atoms with E-state index in [1.807, 2.05) is 37.8 Å². The third kappa shape index (κ3) is 38.6. The number of terminal acetylenes is 1. The molecule has 17 nitrogen and oxygen atoms in total. The largest absolute Gasteiger partial charge is 0.443 e. The van der Waals surface area contributed by atoms with Crippen molar-refractivity contribution < 1.29 is 19.1 Å². The van der Waals surface area contributed by atoms with E-state index in [0.29, 0.717) is 37.7 Å². The Balaban J connectivity index is 0.00000110. The number of aromatic nitrogens is 7. The molecular formula is C54H96ClN13O4. The molecule has 0 radical (unpaired) electrons. The number of ether oxygens (including phenoxy) is 1. The Bertz CT molecular complexity index is 1910. The molecule has 6 N–H and O–H groups in total. The van der Waals surface area contributed by atoms with Crippen molar-refractivity contribution in [3.8, 4) is 12.3 Å². The molecule has 1 amide bonds. The number of hydrogen-bond donors (Lipinski definition) is 4. The number of hydrogen-bond acceptors (Lipinski definition) is 11. The van der Waals surface area contributed by atoms with Crippen molar-refractivity contribution in [3.63, 3.8) is 0 Å². The minimum absolute atomic E-state index is 0. The number of nitrogens with two attached hydrogens (primary N) is 2.